The zero-order valence-corrected chi connectivity index (χ0v) is 15.4. The van der Waals surface area contributed by atoms with E-state index in [1.807, 2.05) is 37.3 Å². The summed E-state index contributed by atoms with van der Waals surface area (Å²) in [5, 5.41) is 3.65. The molecule has 0 saturated heterocycles. The van der Waals surface area contributed by atoms with Crippen molar-refractivity contribution in [3.05, 3.63) is 51.9 Å². The number of carbonyl (C=O) groups excluding carboxylic acids is 2. The second kappa shape index (κ2) is 7.83. The fraction of sp³-hybridized carbons (Fsp3) is 0.400. The summed E-state index contributed by atoms with van der Waals surface area (Å²) in [6, 6.07) is 9.75. The van der Waals surface area contributed by atoms with Gasteiger partial charge in [0.05, 0.1) is 18.1 Å². The van der Waals surface area contributed by atoms with Crippen molar-refractivity contribution in [3.8, 4) is 0 Å². The molecule has 0 unspecified atom stereocenters. The van der Waals surface area contributed by atoms with E-state index in [1.165, 1.54) is 16.2 Å². The van der Waals surface area contributed by atoms with Crippen LogP contribution < -0.4 is 5.32 Å². The zero-order valence-electron chi connectivity index (χ0n) is 14.6. The number of esters is 1. The molecule has 1 aromatic heterocycles. The van der Waals surface area contributed by atoms with Crippen molar-refractivity contribution in [2.75, 3.05) is 11.9 Å². The number of rotatable bonds is 6. The van der Waals surface area contributed by atoms with Gasteiger partial charge >= 0.3 is 5.97 Å². The maximum Gasteiger partial charge on any atom is 0.341 e. The van der Waals surface area contributed by atoms with Crippen LogP contribution in [0.1, 0.15) is 59.0 Å². The number of aryl methyl sites for hydroxylation is 1. The highest BCUT2D eigenvalue weighted by atomic mass is 32.1. The van der Waals surface area contributed by atoms with Crippen LogP contribution in [0.5, 0.6) is 0 Å². The molecule has 25 heavy (non-hydrogen) atoms. The van der Waals surface area contributed by atoms with E-state index in [4.69, 9.17) is 4.74 Å². The summed E-state index contributed by atoms with van der Waals surface area (Å²) in [5.74, 6) is -0.627. The van der Waals surface area contributed by atoms with Crippen molar-refractivity contribution in [3.63, 3.8) is 0 Å². The van der Waals surface area contributed by atoms with Crippen LogP contribution in [0, 0.1) is 0 Å². The first-order chi connectivity index (χ1) is 12.2. The molecule has 1 aliphatic carbocycles. The summed E-state index contributed by atoms with van der Waals surface area (Å²) >= 11 is 1.52. The summed E-state index contributed by atoms with van der Waals surface area (Å²) in [5.41, 5.74) is 2.62. The molecule has 1 atom stereocenters. The number of amides is 1. The Labute approximate surface area is 152 Å². The summed E-state index contributed by atoms with van der Waals surface area (Å²) < 4.78 is 5.22. The molecule has 1 N–H and O–H groups in total. The van der Waals surface area contributed by atoms with Crippen molar-refractivity contribution in [2.45, 2.75) is 45.4 Å². The lowest BCUT2D eigenvalue weighted by atomic mass is 9.95. The van der Waals surface area contributed by atoms with Crippen LogP contribution in [-0.4, -0.2) is 18.5 Å². The summed E-state index contributed by atoms with van der Waals surface area (Å²) in [6.45, 7) is 4.13. The number of fused-ring (bicyclic) bond motifs is 1. The normalized spacial score (nSPS) is 14.0. The molecule has 0 radical (unpaired) electrons. The minimum atomic E-state index is -0.329. The third-order valence-electron chi connectivity index (χ3n) is 4.56. The van der Waals surface area contributed by atoms with Gasteiger partial charge in [0.1, 0.15) is 5.00 Å². The van der Waals surface area contributed by atoms with Gasteiger partial charge < -0.3 is 10.1 Å². The quantitative estimate of drug-likeness (QED) is 0.772. The predicted octanol–water partition coefficient (Wildman–Crippen LogP) is 4.55. The fourth-order valence-corrected chi connectivity index (χ4v) is 4.65. The van der Waals surface area contributed by atoms with E-state index in [-0.39, 0.29) is 17.8 Å². The number of thiophene rings is 1. The Morgan fingerprint density at radius 3 is 2.64 bits per heavy atom. The Hall–Kier alpha value is -2.14. The van der Waals surface area contributed by atoms with Gasteiger partial charge in [0.2, 0.25) is 5.91 Å². The Kier molecular flexibility index (Phi) is 5.53. The van der Waals surface area contributed by atoms with Crippen LogP contribution in [0.4, 0.5) is 5.00 Å². The molecule has 4 nitrogen and oxygen atoms in total. The number of anilines is 1. The molecule has 2 aromatic rings. The van der Waals surface area contributed by atoms with Gasteiger partial charge in [-0.1, -0.05) is 37.3 Å². The molecular weight excluding hydrogens is 334 g/mol. The van der Waals surface area contributed by atoms with Crippen LogP contribution in [0.25, 0.3) is 0 Å². The molecule has 0 saturated carbocycles. The average molecular weight is 357 g/mol. The number of hydrogen-bond acceptors (Lipinski definition) is 4. The first kappa shape index (κ1) is 17.7. The van der Waals surface area contributed by atoms with Gasteiger partial charge in [-0.05, 0) is 43.7 Å². The van der Waals surface area contributed by atoms with Gasteiger partial charge in [-0.25, -0.2) is 4.79 Å². The summed E-state index contributed by atoms with van der Waals surface area (Å²) in [7, 11) is 0. The van der Waals surface area contributed by atoms with E-state index in [1.54, 1.807) is 6.92 Å². The second-order valence-electron chi connectivity index (χ2n) is 6.14. The molecule has 3 rings (SSSR count). The molecule has 0 spiro atoms. The van der Waals surface area contributed by atoms with Crippen LogP contribution in [0.2, 0.25) is 0 Å². The van der Waals surface area contributed by atoms with Crippen molar-refractivity contribution in [1.82, 2.24) is 0 Å². The smallest absolute Gasteiger partial charge is 0.341 e. The van der Waals surface area contributed by atoms with E-state index in [2.05, 4.69) is 5.32 Å². The number of nitrogens with one attached hydrogen (secondary N) is 1. The van der Waals surface area contributed by atoms with E-state index < -0.39 is 0 Å². The van der Waals surface area contributed by atoms with Crippen LogP contribution >= 0.6 is 11.3 Å². The fourth-order valence-electron chi connectivity index (χ4n) is 3.37. The lowest BCUT2D eigenvalue weighted by Crippen LogP contribution is -2.21. The van der Waals surface area contributed by atoms with Crippen LogP contribution in [0.15, 0.2) is 30.3 Å². The van der Waals surface area contributed by atoms with Crippen molar-refractivity contribution in [2.24, 2.45) is 0 Å². The third-order valence-corrected chi connectivity index (χ3v) is 5.77. The SMILES string of the molecule is CCOC(=O)c1c(NC(=O)[C@@H](CC)c2ccccc2)sc2c1CCC2. The largest absolute Gasteiger partial charge is 0.462 e. The Morgan fingerprint density at radius 2 is 1.96 bits per heavy atom. The number of benzene rings is 1. The Bertz CT molecular complexity index is 767. The lowest BCUT2D eigenvalue weighted by Gasteiger charge is -2.15. The second-order valence-corrected chi connectivity index (χ2v) is 7.25. The monoisotopic (exact) mass is 357 g/mol. The van der Waals surface area contributed by atoms with Gasteiger partial charge in [0.25, 0.3) is 0 Å². The Morgan fingerprint density at radius 1 is 1.20 bits per heavy atom. The van der Waals surface area contributed by atoms with Crippen molar-refractivity contribution >= 4 is 28.2 Å². The highest BCUT2D eigenvalue weighted by molar-refractivity contribution is 7.17. The molecule has 1 amide bonds. The number of hydrogen-bond donors (Lipinski definition) is 1. The van der Waals surface area contributed by atoms with Crippen molar-refractivity contribution < 1.29 is 14.3 Å². The predicted molar refractivity (Wildman–Crippen MR) is 100 cm³/mol. The van der Waals surface area contributed by atoms with E-state index in [0.29, 0.717) is 23.6 Å². The van der Waals surface area contributed by atoms with Gasteiger partial charge in [-0.2, -0.15) is 0 Å². The highest BCUT2D eigenvalue weighted by Gasteiger charge is 2.29. The van der Waals surface area contributed by atoms with Gasteiger partial charge in [-0.15, -0.1) is 11.3 Å². The minimum Gasteiger partial charge on any atom is -0.462 e. The topological polar surface area (TPSA) is 55.4 Å². The molecule has 0 fully saturated rings. The molecular formula is C20H23NO3S. The average Bonchev–Trinajstić information content (AvgIpc) is 3.17. The van der Waals surface area contributed by atoms with Gasteiger partial charge in [-0.3, -0.25) is 4.79 Å². The summed E-state index contributed by atoms with van der Waals surface area (Å²) in [6.07, 6.45) is 3.61. The lowest BCUT2D eigenvalue weighted by molar-refractivity contribution is -0.117. The molecule has 1 aliphatic rings. The van der Waals surface area contributed by atoms with Crippen LogP contribution in [0.3, 0.4) is 0 Å². The standard InChI is InChI=1S/C20H23NO3S/c1-3-14(13-9-6-5-7-10-13)18(22)21-19-17(20(23)24-4-2)15-11-8-12-16(15)25-19/h5-7,9-10,14H,3-4,8,11-12H2,1-2H3,(H,21,22)/t14-/m0/s1. The highest BCUT2D eigenvalue weighted by Crippen LogP contribution is 2.40. The molecule has 5 heteroatoms. The maximum absolute atomic E-state index is 12.8. The van der Waals surface area contributed by atoms with Crippen LogP contribution in [-0.2, 0) is 22.4 Å². The third kappa shape index (κ3) is 3.61. The maximum atomic E-state index is 12.8. The molecule has 132 valence electrons. The minimum absolute atomic E-state index is 0.0702. The molecule has 0 bridgehead atoms. The first-order valence-electron chi connectivity index (χ1n) is 8.83. The van der Waals surface area contributed by atoms with E-state index in [0.717, 1.165) is 30.4 Å². The van der Waals surface area contributed by atoms with Gasteiger partial charge in [0.15, 0.2) is 0 Å². The van der Waals surface area contributed by atoms with E-state index in [9.17, 15) is 9.59 Å². The first-order valence-corrected chi connectivity index (χ1v) is 9.64. The van der Waals surface area contributed by atoms with Gasteiger partial charge in [0, 0.05) is 4.88 Å². The number of carbonyl (C=O) groups is 2. The Balaban J connectivity index is 1.87. The number of ether oxygens (including phenoxy) is 1. The van der Waals surface area contributed by atoms with E-state index >= 15 is 0 Å². The molecule has 1 aromatic carbocycles. The summed E-state index contributed by atoms with van der Waals surface area (Å²) in [4.78, 5) is 26.5. The molecule has 1 heterocycles. The molecule has 0 aliphatic heterocycles. The van der Waals surface area contributed by atoms with Crippen molar-refractivity contribution in [1.29, 1.82) is 0 Å². The zero-order chi connectivity index (χ0) is 17.8.